The molecule has 0 aliphatic heterocycles. The van der Waals surface area contributed by atoms with Gasteiger partial charge in [-0.3, -0.25) is 14.4 Å². The van der Waals surface area contributed by atoms with Gasteiger partial charge in [-0.05, 0) is 89.9 Å². The summed E-state index contributed by atoms with van der Waals surface area (Å²) < 4.78 is 16.8. The number of rotatable bonds is 61. The number of unbranched alkanes of at least 4 members (excludes halogenated alkanes) is 40. The molecule has 0 rings (SSSR count). The van der Waals surface area contributed by atoms with Crippen molar-refractivity contribution in [2.45, 2.75) is 354 Å². The van der Waals surface area contributed by atoms with E-state index in [1.807, 2.05) is 0 Å². The molecule has 0 radical (unpaired) electrons. The summed E-state index contributed by atoms with van der Waals surface area (Å²) in [7, 11) is 0. The Bertz CT molecular complexity index is 1360. The summed E-state index contributed by atoms with van der Waals surface area (Å²) in [5.74, 6) is -0.870. The van der Waals surface area contributed by atoms with Crippen molar-refractivity contribution in [3.8, 4) is 0 Å². The van der Waals surface area contributed by atoms with Crippen molar-refractivity contribution in [2.24, 2.45) is 0 Å². The van der Waals surface area contributed by atoms with Gasteiger partial charge in [0.1, 0.15) is 13.2 Å². The van der Waals surface area contributed by atoms with Crippen LogP contribution in [0.1, 0.15) is 348 Å². The lowest BCUT2D eigenvalue weighted by Crippen LogP contribution is -2.30. The van der Waals surface area contributed by atoms with Crippen molar-refractivity contribution in [2.75, 3.05) is 13.2 Å². The molecule has 0 amide bonds. The minimum absolute atomic E-state index is 0.0730. The molecule has 0 heterocycles. The Hall–Kier alpha value is -2.89. The smallest absolute Gasteiger partial charge is 0.306 e. The van der Waals surface area contributed by atoms with Crippen LogP contribution < -0.4 is 0 Å². The molecule has 0 aliphatic carbocycles. The second kappa shape index (κ2) is 64.6. The molecule has 0 aromatic rings. The van der Waals surface area contributed by atoms with Gasteiger partial charge in [-0.2, -0.15) is 0 Å². The van der Waals surface area contributed by atoms with E-state index in [1.165, 1.54) is 231 Å². The highest BCUT2D eigenvalue weighted by molar-refractivity contribution is 5.71. The minimum atomic E-state index is -0.773. The number of ether oxygens (including phenoxy) is 3. The highest BCUT2D eigenvalue weighted by atomic mass is 16.6. The molecule has 6 nitrogen and oxygen atoms in total. The van der Waals surface area contributed by atoms with Gasteiger partial charge in [0.2, 0.25) is 0 Å². The Balaban J connectivity index is 4.05. The van der Waals surface area contributed by atoms with E-state index in [1.54, 1.807) is 0 Å². The van der Waals surface area contributed by atoms with Crippen molar-refractivity contribution in [3.63, 3.8) is 0 Å². The molecule has 1 unspecified atom stereocenters. The van der Waals surface area contributed by atoms with Crippen LogP contribution in [0.25, 0.3) is 0 Å². The third kappa shape index (κ3) is 62.0. The quantitative estimate of drug-likeness (QED) is 0.0261. The molecule has 1 atom stereocenters. The van der Waals surface area contributed by atoms with Crippen LogP contribution in [0.2, 0.25) is 0 Å². The first-order valence-corrected chi connectivity index (χ1v) is 33.3. The zero-order chi connectivity index (χ0) is 55.0. The summed E-state index contributed by atoms with van der Waals surface area (Å²) >= 11 is 0. The molecule has 442 valence electrons. The van der Waals surface area contributed by atoms with Crippen molar-refractivity contribution in [1.29, 1.82) is 0 Å². The van der Waals surface area contributed by atoms with E-state index in [4.69, 9.17) is 14.2 Å². The monoisotopic (exact) mass is 1060 g/mol. The highest BCUT2D eigenvalue weighted by Crippen LogP contribution is 2.17. The predicted octanol–water partition coefficient (Wildman–Crippen LogP) is 22.7. The first kappa shape index (κ1) is 73.1. The average molecular weight is 1060 g/mol. The molecule has 0 N–H and O–H groups in total. The lowest BCUT2D eigenvalue weighted by Gasteiger charge is -2.18. The van der Waals surface area contributed by atoms with Gasteiger partial charge in [0, 0.05) is 19.3 Å². The molecule has 0 saturated heterocycles. The topological polar surface area (TPSA) is 78.9 Å². The number of hydrogen-bond donors (Lipinski definition) is 0. The normalized spacial score (nSPS) is 12.4. The van der Waals surface area contributed by atoms with Crippen molar-refractivity contribution in [1.82, 2.24) is 0 Å². The Morgan fingerprint density at radius 3 is 0.737 bits per heavy atom. The molecule has 0 aromatic heterocycles. The third-order valence-electron chi connectivity index (χ3n) is 14.7. The Morgan fingerprint density at radius 1 is 0.263 bits per heavy atom. The maximum absolute atomic E-state index is 12.9. The minimum Gasteiger partial charge on any atom is -0.462 e. The first-order valence-electron chi connectivity index (χ1n) is 33.3. The number of hydrogen-bond acceptors (Lipinski definition) is 6. The van der Waals surface area contributed by atoms with Gasteiger partial charge in [0.25, 0.3) is 0 Å². The van der Waals surface area contributed by atoms with Crippen LogP contribution in [0.15, 0.2) is 60.8 Å². The van der Waals surface area contributed by atoms with Crippen LogP contribution in [0, 0.1) is 0 Å². The Morgan fingerprint density at radius 2 is 0.474 bits per heavy atom. The fourth-order valence-corrected chi connectivity index (χ4v) is 9.72. The van der Waals surface area contributed by atoms with Crippen LogP contribution in [-0.2, 0) is 28.6 Å². The van der Waals surface area contributed by atoms with Gasteiger partial charge in [-0.25, -0.2) is 0 Å². The standard InChI is InChI=1S/C70H126O6/c1-4-7-10-13-16-18-20-22-24-26-28-30-32-34-35-37-38-40-42-44-46-48-50-52-54-57-60-63-69(72)75-66-67(65-74-68(71)62-59-56-15-12-9-6-3)76-70(73)64-61-58-55-53-51-49-47-45-43-41-39-36-33-31-29-27-25-23-21-19-17-14-11-8-5-2/h20-23,26-29,33,36,67H,4-19,24-25,30-32,34-35,37-66H2,1-3H3/b22-20-,23-21-,28-26-,29-27-,36-33-. The predicted molar refractivity (Wildman–Crippen MR) is 330 cm³/mol. The second-order valence-electron chi connectivity index (χ2n) is 22.4. The van der Waals surface area contributed by atoms with Gasteiger partial charge in [0.05, 0.1) is 0 Å². The third-order valence-corrected chi connectivity index (χ3v) is 14.7. The van der Waals surface area contributed by atoms with E-state index < -0.39 is 6.10 Å². The zero-order valence-corrected chi connectivity index (χ0v) is 50.8. The Labute approximate surface area is 472 Å². The van der Waals surface area contributed by atoms with Crippen molar-refractivity contribution < 1.29 is 28.6 Å². The number of carbonyl (C=O) groups excluding carboxylic acids is 3. The van der Waals surface area contributed by atoms with Crippen LogP contribution >= 0.6 is 0 Å². The highest BCUT2D eigenvalue weighted by Gasteiger charge is 2.19. The summed E-state index contributed by atoms with van der Waals surface area (Å²) in [5, 5.41) is 0. The van der Waals surface area contributed by atoms with E-state index >= 15 is 0 Å². The number of esters is 3. The van der Waals surface area contributed by atoms with E-state index in [2.05, 4.69) is 81.5 Å². The van der Waals surface area contributed by atoms with Crippen LogP contribution in [-0.4, -0.2) is 37.2 Å². The molecule has 6 heteroatoms. The van der Waals surface area contributed by atoms with Gasteiger partial charge in [0.15, 0.2) is 6.10 Å². The second-order valence-corrected chi connectivity index (χ2v) is 22.4. The summed E-state index contributed by atoms with van der Waals surface area (Å²) in [4.78, 5) is 38.0. The molecular formula is C70H126O6. The van der Waals surface area contributed by atoms with E-state index in [0.29, 0.717) is 19.3 Å². The van der Waals surface area contributed by atoms with Crippen molar-refractivity contribution >= 4 is 17.9 Å². The van der Waals surface area contributed by atoms with E-state index in [-0.39, 0.29) is 31.1 Å². The first-order chi connectivity index (χ1) is 37.5. The number of carbonyl (C=O) groups is 3. The molecule has 0 saturated carbocycles. The van der Waals surface area contributed by atoms with Gasteiger partial charge >= 0.3 is 17.9 Å². The lowest BCUT2D eigenvalue weighted by molar-refractivity contribution is -0.167. The summed E-state index contributed by atoms with van der Waals surface area (Å²) in [6.45, 7) is 6.60. The molecule has 0 bridgehead atoms. The molecule has 0 spiro atoms. The number of allylic oxidation sites excluding steroid dienone is 10. The van der Waals surface area contributed by atoms with Gasteiger partial charge in [-0.1, -0.05) is 300 Å². The van der Waals surface area contributed by atoms with Gasteiger partial charge < -0.3 is 14.2 Å². The Kier molecular flexibility index (Phi) is 62.2. The summed E-state index contributed by atoms with van der Waals surface area (Å²) in [5.41, 5.74) is 0. The molecule has 0 aromatic carbocycles. The zero-order valence-electron chi connectivity index (χ0n) is 50.8. The lowest BCUT2D eigenvalue weighted by atomic mass is 10.0. The van der Waals surface area contributed by atoms with Crippen LogP contribution in [0.5, 0.6) is 0 Å². The summed E-state index contributed by atoms with van der Waals surface area (Å²) in [6.07, 6.45) is 82.7. The van der Waals surface area contributed by atoms with E-state index in [9.17, 15) is 14.4 Å². The van der Waals surface area contributed by atoms with E-state index in [0.717, 1.165) is 77.0 Å². The average Bonchev–Trinajstić information content (AvgIpc) is 3.42. The van der Waals surface area contributed by atoms with Gasteiger partial charge in [-0.15, -0.1) is 0 Å². The SMILES string of the molecule is CCCCCCC/C=C\C/C=C\C/C=C\CCCCCCCCCCCCC(=O)OC(COC(=O)CCCCCCCC)COC(=O)CCCCCCCCCCCCCCCCC/C=C\C/C=C\CCCCCCC. The van der Waals surface area contributed by atoms with Crippen LogP contribution in [0.3, 0.4) is 0 Å². The fraction of sp³-hybridized carbons (Fsp3) is 0.814. The maximum Gasteiger partial charge on any atom is 0.306 e. The molecule has 76 heavy (non-hydrogen) atoms. The molecule has 0 aliphatic rings. The molecule has 0 fully saturated rings. The maximum atomic E-state index is 12.9. The molecular weight excluding hydrogens is 937 g/mol. The van der Waals surface area contributed by atoms with Crippen molar-refractivity contribution in [3.05, 3.63) is 60.8 Å². The van der Waals surface area contributed by atoms with Crippen LogP contribution in [0.4, 0.5) is 0 Å². The summed E-state index contributed by atoms with van der Waals surface area (Å²) in [6, 6.07) is 0. The fourth-order valence-electron chi connectivity index (χ4n) is 9.72. The largest absolute Gasteiger partial charge is 0.462 e.